The standard InChI is InChI=1S/C15H27N5/c1-5-20(6-2)14-9-7-13(8-10-14)18-15(19-16)17-11-12(3)4/h7-10,12H,5-6,11,16H2,1-4H3,(H2,17,18,19). The van der Waals surface area contributed by atoms with Gasteiger partial charge in [-0.3, -0.25) is 10.4 Å². The minimum absolute atomic E-state index is 0.505. The van der Waals surface area contributed by atoms with Crippen LogP contribution in [0.1, 0.15) is 27.7 Å². The molecule has 112 valence electrons. The molecule has 0 radical (unpaired) electrons. The fourth-order valence-corrected chi connectivity index (χ4v) is 1.88. The van der Waals surface area contributed by atoms with Crippen LogP contribution >= 0.6 is 0 Å². The Labute approximate surface area is 122 Å². The van der Waals surface area contributed by atoms with E-state index in [1.165, 1.54) is 5.69 Å². The zero-order valence-corrected chi connectivity index (χ0v) is 13.0. The summed E-state index contributed by atoms with van der Waals surface area (Å²) in [4.78, 5) is 6.69. The fourth-order valence-electron chi connectivity index (χ4n) is 1.88. The Morgan fingerprint density at radius 1 is 1.20 bits per heavy atom. The lowest BCUT2D eigenvalue weighted by atomic mass is 10.2. The van der Waals surface area contributed by atoms with E-state index in [9.17, 15) is 0 Å². The average Bonchev–Trinajstić information content (AvgIpc) is 2.46. The highest BCUT2D eigenvalue weighted by molar-refractivity contribution is 5.93. The molecule has 0 saturated carbocycles. The van der Waals surface area contributed by atoms with Gasteiger partial charge in [-0.25, -0.2) is 5.84 Å². The predicted molar refractivity (Wildman–Crippen MR) is 88.1 cm³/mol. The third-order valence-corrected chi connectivity index (χ3v) is 3.01. The molecule has 0 aliphatic heterocycles. The SMILES string of the molecule is CCN(CC)c1ccc(NC(=NCC(C)C)NN)cc1. The van der Waals surface area contributed by atoms with Gasteiger partial charge in [-0.2, -0.15) is 0 Å². The number of nitrogens with zero attached hydrogens (tertiary/aromatic N) is 2. The summed E-state index contributed by atoms with van der Waals surface area (Å²) in [5.41, 5.74) is 4.79. The topological polar surface area (TPSA) is 65.7 Å². The number of hydrogen-bond donors (Lipinski definition) is 3. The van der Waals surface area contributed by atoms with Crippen LogP contribution in [-0.2, 0) is 0 Å². The van der Waals surface area contributed by atoms with Gasteiger partial charge < -0.3 is 10.2 Å². The van der Waals surface area contributed by atoms with Gasteiger partial charge in [0, 0.05) is 31.0 Å². The van der Waals surface area contributed by atoms with Gasteiger partial charge in [0.05, 0.1) is 0 Å². The van der Waals surface area contributed by atoms with Crippen LogP contribution in [0, 0.1) is 5.92 Å². The number of nitrogens with one attached hydrogen (secondary N) is 2. The highest BCUT2D eigenvalue weighted by Crippen LogP contribution is 2.17. The van der Waals surface area contributed by atoms with E-state index in [1.807, 2.05) is 12.1 Å². The molecule has 0 amide bonds. The summed E-state index contributed by atoms with van der Waals surface area (Å²) in [5, 5.41) is 3.18. The molecular weight excluding hydrogens is 250 g/mol. The van der Waals surface area contributed by atoms with Crippen molar-refractivity contribution in [1.29, 1.82) is 0 Å². The molecule has 5 heteroatoms. The summed E-state index contributed by atoms with van der Waals surface area (Å²) in [6.07, 6.45) is 0. The maximum absolute atomic E-state index is 5.48. The van der Waals surface area contributed by atoms with E-state index in [2.05, 4.69) is 60.5 Å². The first kappa shape index (κ1) is 16.3. The minimum atomic E-state index is 0.505. The lowest BCUT2D eigenvalue weighted by Gasteiger charge is -2.21. The molecule has 0 aliphatic carbocycles. The molecule has 0 bridgehead atoms. The van der Waals surface area contributed by atoms with Crippen molar-refractivity contribution in [2.45, 2.75) is 27.7 Å². The summed E-state index contributed by atoms with van der Waals surface area (Å²) in [5.74, 6) is 6.57. The number of hydrogen-bond acceptors (Lipinski definition) is 3. The molecule has 0 heterocycles. The minimum Gasteiger partial charge on any atom is -0.372 e. The number of anilines is 2. The molecule has 1 rings (SSSR count). The molecule has 20 heavy (non-hydrogen) atoms. The van der Waals surface area contributed by atoms with Crippen LogP contribution < -0.4 is 21.5 Å². The van der Waals surface area contributed by atoms with E-state index < -0.39 is 0 Å². The molecule has 0 unspecified atom stereocenters. The molecule has 0 atom stereocenters. The summed E-state index contributed by atoms with van der Waals surface area (Å²) in [6, 6.07) is 8.28. The van der Waals surface area contributed by atoms with Gasteiger partial charge in [0.25, 0.3) is 0 Å². The molecule has 0 aromatic heterocycles. The second-order valence-electron chi connectivity index (χ2n) is 5.07. The lowest BCUT2D eigenvalue weighted by Crippen LogP contribution is -2.36. The first-order valence-corrected chi connectivity index (χ1v) is 7.23. The molecule has 0 saturated heterocycles. The highest BCUT2D eigenvalue weighted by atomic mass is 15.3. The van der Waals surface area contributed by atoms with Gasteiger partial charge in [-0.1, -0.05) is 13.8 Å². The summed E-state index contributed by atoms with van der Waals surface area (Å²) < 4.78 is 0. The lowest BCUT2D eigenvalue weighted by molar-refractivity contribution is 0.663. The van der Waals surface area contributed by atoms with E-state index in [0.29, 0.717) is 11.9 Å². The van der Waals surface area contributed by atoms with Crippen LogP contribution in [-0.4, -0.2) is 25.6 Å². The molecule has 0 aliphatic rings. The van der Waals surface area contributed by atoms with E-state index in [4.69, 9.17) is 5.84 Å². The smallest absolute Gasteiger partial charge is 0.210 e. The Morgan fingerprint density at radius 2 is 1.80 bits per heavy atom. The van der Waals surface area contributed by atoms with Crippen molar-refractivity contribution in [3.8, 4) is 0 Å². The highest BCUT2D eigenvalue weighted by Gasteiger charge is 2.03. The van der Waals surface area contributed by atoms with Crippen molar-refractivity contribution in [2.75, 3.05) is 29.9 Å². The van der Waals surface area contributed by atoms with Gasteiger partial charge in [0.2, 0.25) is 5.96 Å². The second kappa shape index (κ2) is 8.43. The zero-order valence-electron chi connectivity index (χ0n) is 13.0. The Kier molecular flexibility index (Phi) is 6.87. The van der Waals surface area contributed by atoms with Crippen molar-refractivity contribution >= 4 is 17.3 Å². The number of nitrogens with two attached hydrogens (primary N) is 1. The first-order valence-electron chi connectivity index (χ1n) is 7.23. The number of aliphatic imine (C=N–C) groups is 1. The van der Waals surface area contributed by atoms with Crippen molar-refractivity contribution in [1.82, 2.24) is 5.43 Å². The van der Waals surface area contributed by atoms with Crippen molar-refractivity contribution in [3.05, 3.63) is 24.3 Å². The van der Waals surface area contributed by atoms with Crippen LogP contribution in [0.25, 0.3) is 0 Å². The number of rotatable bonds is 6. The van der Waals surface area contributed by atoms with Crippen LogP contribution in [0.2, 0.25) is 0 Å². The van der Waals surface area contributed by atoms with Gasteiger partial charge in [0.15, 0.2) is 0 Å². The van der Waals surface area contributed by atoms with E-state index in [-0.39, 0.29) is 0 Å². The van der Waals surface area contributed by atoms with Gasteiger partial charge >= 0.3 is 0 Å². The van der Waals surface area contributed by atoms with E-state index in [0.717, 1.165) is 25.3 Å². The van der Waals surface area contributed by atoms with Gasteiger partial charge in [-0.15, -0.1) is 0 Å². The van der Waals surface area contributed by atoms with Crippen LogP contribution in [0.5, 0.6) is 0 Å². The van der Waals surface area contributed by atoms with E-state index in [1.54, 1.807) is 0 Å². The summed E-state index contributed by atoms with van der Waals surface area (Å²) in [7, 11) is 0. The summed E-state index contributed by atoms with van der Waals surface area (Å²) in [6.45, 7) is 11.3. The van der Waals surface area contributed by atoms with Crippen LogP contribution in [0.4, 0.5) is 11.4 Å². The molecule has 1 aromatic carbocycles. The number of hydrazine groups is 1. The zero-order chi connectivity index (χ0) is 15.0. The maximum Gasteiger partial charge on any atom is 0.210 e. The number of guanidine groups is 1. The molecule has 0 spiro atoms. The van der Waals surface area contributed by atoms with Gasteiger partial charge in [-0.05, 0) is 44.0 Å². The third kappa shape index (κ3) is 5.09. The molecule has 4 N–H and O–H groups in total. The van der Waals surface area contributed by atoms with Crippen molar-refractivity contribution < 1.29 is 0 Å². The predicted octanol–water partition coefficient (Wildman–Crippen LogP) is 2.42. The monoisotopic (exact) mass is 277 g/mol. The Morgan fingerprint density at radius 3 is 2.25 bits per heavy atom. The Hall–Kier alpha value is -1.75. The fraction of sp³-hybridized carbons (Fsp3) is 0.533. The normalized spacial score (nSPS) is 11.6. The quantitative estimate of drug-likeness (QED) is 0.323. The maximum atomic E-state index is 5.48. The van der Waals surface area contributed by atoms with Crippen LogP contribution in [0.3, 0.4) is 0 Å². The average molecular weight is 277 g/mol. The molecule has 0 fully saturated rings. The van der Waals surface area contributed by atoms with E-state index >= 15 is 0 Å². The third-order valence-electron chi connectivity index (χ3n) is 3.01. The largest absolute Gasteiger partial charge is 0.372 e. The Bertz CT molecular complexity index is 407. The van der Waals surface area contributed by atoms with Gasteiger partial charge in [0.1, 0.15) is 0 Å². The molecule has 1 aromatic rings. The van der Waals surface area contributed by atoms with Crippen LogP contribution in [0.15, 0.2) is 29.3 Å². The number of benzene rings is 1. The molecule has 5 nitrogen and oxygen atoms in total. The molecular formula is C15H27N5. The Balaban J connectivity index is 2.70. The van der Waals surface area contributed by atoms with Crippen molar-refractivity contribution in [2.24, 2.45) is 16.8 Å². The second-order valence-corrected chi connectivity index (χ2v) is 5.07. The summed E-state index contributed by atoms with van der Waals surface area (Å²) >= 11 is 0. The first-order chi connectivity index (χ1) is 9.60. The van der Waals surface area contributed by atoms with Crippen molar-refractivity contribution in [3.63, 3.8) is 0 Å².